The maximum absolute atomic E-state index is 11.8. The molecule has 1 aromatic rings. The molecule has 6 heteroatoms. The molecule has 0 bridgehead atoms. The van der Waals surface area contributed by atoms with E-state index in [-0.39, 0.29) is 18.6 Å². The van der Waals surface area contributed by atoms with Gasteiger partial charge >= 0.3 is 0 Å². The van der Waals surface area contributed by atoms with E-state index in [4.69, 9.17) is 27.9 Å². The minimum absolute atomic E-state index is 0.0420. The van der Waals surface area contributed by atoms with Crippen molar-refractivity contribution in [2.75, 3.05) is 13.2 Å². The topological polar surface area (TPSA) is 50.4 Å². The number of hydrogen-bond acceptors (Lipinski definition) is 3. The summed E-state index contributed by atoms with van der Waals surface area (Å²) in [4.78, 5) is 11.8. The Morgan fingerprint density at radius 1 is 1.50 bits per heavy atom. The van der Waals surface area contributed by atoms with E-state index >= 15 is 0 Å². The second-order valence-electron chi connectivity index (χ2n) is 5.01. The van der Waals surface area contributed by atoms with Gasteiger partial charge in [-0.15, -0.1) is 0 Å². The van der Waals surface area contributed by atoms with Crippen LogP contribution in [-0.4, -0.2) is 31.1 Å². The number of carbonyl (C=O) groups excluding carboxylic acids is 1. The maximum Gasteiger partial charge on any atom is 0.258 e. The summed E-state index contributed by atoms with van der Waals surface area (Å²) in [5, 5.41) is 7.26. The van der Waals surface area contributed by atoms with Crippen molar-refractivity contribution in [2.45, 2.75) is 31.8 Å². The van der Waals surface area contributed by atoms with Crippen LogP contribution in [0.5, 0.6) is 5.75 Å². The lowest BCUT2D eigenvalue weighted by atomic mass is 10.0. The van der Waals surface area contributed by atoms with E-state index in [1.165, 1.54) is 0 Å². The van der Waals surface area contributed by atoms with Crippen molar-refractivity contribution in [2.24, 2.45) is 0 Å². The van der Waals surface area contributed by atoms with Crippen molar-refractivity contribution >= 4 is 29.1 Å². The Morgan fingerprint density at radius 3 is 3.00 bits per heavy atom. The Kier molecular flexibility index (Phi) is 5.52. The van der Waals surface area contributed by atoms with Gasteiger partial charge in [-0.25, -0.2) is 0 Å². The van der Waals surface area contributed by atoms with Crippen LogP contribution in [0.25, 0.3) is 0 Å². The van der Waals surface area contributed by atoms with E-state index in [9.17, 15) is 4.79 Å². The van der Waals surface area contributed by atoms with Crippen LogP contribution in [0.2, 0.25) is 10.0 Å². The first-order valence-corrected chi connectivity index (χ1v) is 7.41. The normalized spacial score (nSPS) is 22.4. The molecule has 2 rings (SSSR count). The fourth-order valence-corrected chi connectivity index (χ4v) is 2.73. The maximum atomic E-state index is 11.8. The highest BCUT2D eigenvalue weighted by atomic mass is 35.5. The summed E-state index contributed by atoms with van der Waals surface area (Å²) in [5.74, 6) is 0.333. The zero-order valence-corrected chi connectivity index (χ0v) is 12.8. The first kappa shape index (κ1) is 15.4. The molecule has 1 heterocycles. The molecule has 2 unspecified atom stereocenters. The quantitative estimate of drug-likeness (QED) is 0.897. The minimum atomic E-state index is -0.130. The SMILES string of the molecule is CC1CC(NC(=O)COc2ccc(Cl)cc2Cl)CCN1. The van der Waals surface area contributed by atoms with Crippen LogP contribution in [0.15, 0.2) is 18.2 Å². The van der Waals surface area contributed by atoms with Gasteiger partial charge in [-0.2, -0.15) is 0 Å². The van der Waals surface area contributed by atoms with Gasteiger partial charge in [0.05, 0.1) is 5.02 Å². The predicted octanol–water partition coefficient (Wildman–Crippen LogP) is 2.63. The van der Waals surface area contributed by atoms with Gasteiger partial charge in [0.2, 0.25) is 0 Å². The van der Waals surface area contributed by atoms with Crippen LogP contribution in [0.3, 0.4) is 0 Å². The van der Waals surface area contributed by atoms with E-state index in [0.29, 0.717) is 21.8 Å². The van der Waals surface area contributed by atoms with Crippen molar-refractivity contribution in [1.29, 1.82) is 0 Å². The number of halogens is 2. The summed E-state index contributed by atoms with van der Waals surface area (Å²) >= 11 is 11.8. The summed E-state index contributed by atoms with van der Waals surface area (Å²) in [5.41, 5.74) is 0. The molecule has 0 aliphatic carbocycles. The molecular weight excluding hydrogens is 299 g/mol. The molecule has 0 radical (unpaired) electrons. The lowest BCUT2D eigenvalue weighted by molar-refractivity contribution is -0.124. The largest absolute Gasteiger partial charge is 0.482 e. The van der Waals surface area contributed by atoms with Gasteiger partial charge in [-0.3, -0.25) is 4.79 Å². The third-order valence-electron chi connectivity index (χ3n) is 3.24. The van der Waals surface area contributed by atoms with E-state index in [1.807, 2.05) is 0 Å². The highest BCUT2D eigenvalue weighted by molar-refractivity contribution is 6.35. The van der Waals surface area contributed by atoms with Crippen molar-refractivity contribution < 1.29 is 9.53 Å². The molecule has 2 N–H and O–H groups in total. The van der Waals surface area contributed by atoms with Gasteiger partial charge < -0.3 is 15.4 Å². The molecule has 2 atom stereocenters. The van der Waals surface area contributed by atoms with Gasteiger partial charge in [0.15, 0.2) is 6.61 Å². The van der Waals surface area contributed by atoms with Crippen LogP contribution in [0, 0.1) is 0 Å². The number of carbonyl (C=O) groups is 1. The lowest BCUT2D eigenvalue weighted by Gasteiger charge is -2.28. The smallest absolute Gasteiger partial charge is 0.258 e. The number of rotatable bonds is 4. The fourth-order valence-electron chi connectivity index (χ4n) is 2.27. The molecule has 0 saturated carbocycles. The van der Waals surface area contributed by atoms with Gasteiger partial charge in [0.1, 0.15) is 5.75 Å². The number of hydrogen-bond donors (Lipinski definition) is 2. The summed E-state index contributed by atoms with van der Waals surface area (Å²) < 4.78 is 5.40. The van der Waals surface area contributed by atoms with E-state index in [2.05, 4.69) is 17.6 Å². The van der Waals surface area contributed by atoms with E-state index < -0.39 is 0 Å². The second kappa shape index (κ2) is 7.16. The third-order valence-corrected chi connectivity index (χ3v) is 3.77. The third kappa shape index (κ3) is 4.54. The Balaban J connectivity index is 1.80. The highest BCUT2D eigenvalue weighted by Gasteiger charge is 2.20. The number of ether oxygens (including phenoxy) is 1. The standard InChI is InChI=1S/C14H18Cl2N2O2/c1-9-6-11(4-5-17-9)18-14(19)8-20-13-3-2-10(15)7-12(13)16/h2-3,7,9,11,17H,4-6,8H2,1H3,(H,18,19). The van der Waals surface area contributed by atoms with Gasteiger partial charge in [-0.05, 0) is 44.5 Å². The average Bonchev–Trinajstić information content (AvgIpc) is 2.37. The Labute approximate surface area is 128 Å². The Morgan fingerprint density at radius 2 is 2.30 bits per heavy atom. The van der Waals surface area contributed by atoms with Crippen molar-refractivity contribution in [3.8, 4) is 5.75 Å². The number of nitrogens with one attached hydrogen (secondary N) is 2. The van der Waals surface area contributed by atoms with E-state index in [0.717, 1.165) is 19.4 Å². The first-order chi connectivity index (χ1) is 9.54. The van der Waals surface area contributed by atoms with Gasteiger partial charge in [0, 0.05) is 17.1 Å². The molecule has 0 aromatic heterocycles. The van der Waals surface area contributed by atoms with Crippen LogP contribution < -0.4 is 15.4 Å². The van der Waals surface area contributed by atoms with Gasteiger partial charge in [0.25, 0.3) is 5.91 Å². The fraction of sp³-hybridized carbons (Fsp3) is 0.500. The second-order valence-corrected chi connectivity index (χ2v) is 5.85. The molecule has 0 spiro atoms. The zero-order chi connectivity index (χ0) is 14.5. The number of benzene rings is 1. The summed E-state index contributed by atoms with van der Waals surface area (Å²) in [6, 6.07) is 5.56. The summed E-state index contributed by atoms with van der Waals surface area (Å²) in [6.07, 6.45) is 1.88. The zero-order valence-electron chi connectivity index (χ0n) is 11.3. The monoisotopic (exact) mass is 316 g/mol. The van der Waals surface area contributed by atoms with E-state index in [1.54, 1.807) is 18.2 Å². The first-order valence-electron chi connectivity index (χ1n) is 6.65. The Bertz CT molecular complexity index is 482. The predicted molar refractivity (Wildman–Crippen MR) is 80.6 cm³/mol. The average molecular weight is 317 g/mol. The molecule has 1 saturated heterocycles. The summed E-state index contributed by atoms with van der Waals surface area (Å²) in [7, 11) is 0. The molecule has 110 valence electrons. The lowest BCUT2D eigenvalue weighted by Crippen LogP contribution is -2.47. The number of amides is 1. The van der Waals surface area contributed by atoms with Crippen molar-refractivity contribution in [3.05, 3.63) is 28.2 Å². The molecule has 1 aliphatic heterocycles. The Hall–Kier alpha value is -0.970. The van der Waals surface area contributed by atoms with Crippen LogP contribution in [0.4, 0.5) is 0 Å². The summed E-state index contributed by atoms with van der Waals surface area (Å²) in [6.45, 7) is 3.00. The van der Waals surface area contributed by atoms with Gasteiger partial charge in [-0.1, -0.05) is 23.2 Å². The number of piperidine rings is 1. The molecule has 1 amide bonds. The minimum Gasteiger partial charge on any atom is -0.482 e. The van der Waals surface area contributed by atoms with Crippen molar-refractivity contribution in [3.63, 3.8) is 0 Å². The molecular formula is C14H18Cl2N2O2. The van der Waals surface area contributed by atoms with Crippen molar-refractivity contribution in [1.82, 2.24) is 10.6 Å². The molecule has 4 nitrogen and oxygen atoms in total. The molecule has 1 fully saturated rings. The molecule has 1 aromatic carbocycles. The van der Waals surface area contributed by atoms with Crippen LogP contribution in [0.1, 0.15) is 19.8 Å². The van der Waals surface area contributed by atoms with Crippen LogP contribution >= 0.6 is 23.2 Å². The molecule has 1 aliphatic rings. The molecule has 20 heavy (non-hydrogen) atoms. The van der Waals surface area contributed by atoms with Crippen LogP contribution in [-0.2, 0) is 4.79 Å². The highest BCUT2D eigenvalue weighted by Crippen LogP contribution is 2.27.